The van der Waals surface area contributed by atoms with Crippen LogP contribution in [0.25, 0.3) is 0 Å². The molecule has 0 aromatic heterocycles. The first-order chi connectivity index (χ1) is 14.2. The molecule has 1 aromatic rings. The average Bonchev–Trinajstić information content (AvgIpc) is 3.14. The highest BCUT2D eigenvalue weighted by molar-refractivity contribution is 5.90. The van der Waals surface area contributed by atoms with Crippen molar-refractivity contribution >= 4 is 17.4 Å². The molecule has 0 unspecified atom stereocenters. The lowest BCUT2D eigenvalue weighted by atomic mass is 9.80. The van der Waals surface area contributed by atoms with Crippen LogP contribution in [0.2, 0.25) is 0 Å². The van der Waals surface area contributed by atoms with Crippen molar-refractivity contribution in [2.45, 2.75) is 102 Å². The molecule has 2 aliphatic carbocycles. The van der Waals surface area contributed by atoms with Gasteiger partial charge in [-0.05, 0) is 69.7 Å². The van der Waals surface area contributed by atoms with Crippen LogP contribution in [0.15, 0.2) is 24.3 Å². The van der Waals surface area contributed by atoms with E-state index in [4.69, 9.17) is 0 Å². The molecule has 1 N–H and O–H groups in total. The van der Waals surface area contributed by atoms with Gasteiger partial charge >= 0.3 is 6.03 Å². The summed E-state index contributed by atoms with van der Waals surface area (Å²) >= 11 is 0. The molecule has 2 saturated carbocycles. The number of nitrogens with zero attached hydrogens (tertiary/aromatic N) is 2. The molecule has 160 valence electrons. The molecule has 4 rings (SSSR count). The maximum atomic E-state index is 13.6. The van der Waals surface area contributed by atoms with E-state index in [1.807, 2.05) is 0 Å². The van der Waals surface area contributed by atoms with Crippen LogP contribution in [0.1, 0.15) is 90.4 Å². The first-order valence-corrected chi connectivity index (χ1v) is 12.1. The zero-order valence-electron chi connectivity index (χ0n) is 18.3. The highest BCUT2D eigenvalue weighted by Crippen LogP contribution is 2.38. The number of anilines is 2. The zero-order chi connectivity index (χ0) is 20.1. The molecule has 0 atom stereocenters. The quantitative estimate of drug-likeness (QED) is 0.583. The van der Waals surface area contributed by atoms with Crippen LogP contribution in [-0.4, -0.2) is 35.6 Å². The second-order valence-electron chi connectivity index (χ2n) is 9.74. The second kappa shape index (κ2) is 9.40. The highest BCUT2D eigenvalue weighted by Gasteiger charge is 2.40. The van der Waals surface area contributed by atoms with Crippen LogP contribution >= 0.6 is 0 Å². The summed E-state index contributed by atoms with van der Waals surface area (Å²) in [6, 6.07) is 9.01. The first-order valence-electron chi connectivity index (χ1n) is 12.1. The molecular weight excluding hydrogens is 358 g/mol. The Balaban J connectivity index is 1.49. The van der Waals surface area contributed by atoms with E-state index in [1.54, 1.807) is 0 Å². The van der Waals surface area contributed by atoms with Gasteiger partial charge in [0.1, 0.15) is 0 Å². The van der Waals surface area contributed by atoms with Crippen molar-refractivity contribution in [2.75, 3.05) is 23.3 Å². The molecule has 3 fully saturated rings. The maximum Gasteiger partial charge on any atom is 0.322 e. The fourth-order valence-corrected chi connectivity index (χ4v) is 5.84. The maximum absolute atomic E-state index is 13.6. The van der Waals surface area contributed by atoms with Gasteiger partial charge in [-0.3, -0.25) is 0 Å². The molecule has 1 saturated heterocycles. The number of carbonyl (C=O) groups excluding carboxylic acids is 1. The Bertz CT molecular complexity index is 651. The van der Waals surface area contributed by atoms with Gasteiger partial charge < -0.3 is 15.1 Å². The third kappa shape index (κ3) is 4.90. The van der Waals surface area contributed by atoms with Crippen molar-refractivity contribution in [1.29, 1.82) is 0 Å². The van der Waals surface area contributed by atoms with Crippen molar-refractivity contribution in [3.05, 3.63) is 24.3 Å². The molecule has 4 heteroatoms. The number of hydrogen-bond donors (Lipinski definition) is 1. The summed E-state index contributed by atoms with van der Waals surface area (Å²) in [5.74, 6) is 0. The number of urea groups is 1. The topological polar surface area (TPSA) is 35.6 Å². The van der Waals surface area contributed by atoms with Crippen LogP contribution < -0.4 is 10.2 Å². The lowest BCUT2D eigenvalue weighted by Gasteiger charge is -2.48. The molecule has 0 radical (unpaired) electrons. The van der Waals surface area contributed by atoms with Crippen molar-refractivity contribution in [2.24, 2.45) is 0 Å². The molecule has 0 bridgehead atoms. The van der Waals surface area contributed by atoms with Crippen LogP contribution in [-0.2, 0) is 0 Å². The van der Waals surface area contributed by atoms with E-state index < -0.39 is 0 Å². The minimum absolute atomic E-state index is 0.00678. The zero-order valence-corrected chi connectivity index (χ0v) is 18.3. The third-order valence-corrected chi connectivity index (χ3v) is 7.51. The number of benzene rings is 1. The van der Waals surface area contributed by atoms with Crippen molar-refractivity contribution in [1.82, 2.24) is 4.90 Å². The third-order valence-electron chi connectivity index (χ3n) is 7.51. The standard InChI is InChI=1S/C25H39N3O/c1-25(17-7-4-8-18-25)28(23-11-5-2-3-6-12-23)24(29)26-21-13-15-22(16-14-21)27-19-9-10-20-27/h13-16,23H,2-12,17-20H2,1H3,(H,26,29). The van der Waals surface area contributed by atoms with Crippen LogP contribution in [0.3, 0.4) is 0 Å². The van der Waals surface area contributed by atoms with Crippen LogP contribution in [0, 0.1) is 0 Å². The summed E-state index contributed by atoms with van der Waals surface area (Å²) in [5.41, 5.74) is 2.21. The second-order valence-corrected chi connectivity index (χ2v) is 9.74. The molecule has 3 aliphatic rings. The summed E-state index contributed by atoms with van der Waals surface area (Å²) in [6.07, 6.45) is 16.2. The normalized spacial score (nSPS) is 22.9. The molecule has 1 heterocycles. The van der Waals surface area contributed by atoms with E-state index >= 15 is 0 Å². The first kappa shape index (κ1) is 20.6. The predicted octanol–water partition coefficient (Wildman–Crippen LogP) is 6.57. The Morgan fingerprint density at radius 3 is 2.10 bits per heavy atom. The number of nitrogens with one attached hydrogen (secondary N) is 1. The van der Waals surface area contributed by atoms with Gasteiger partial charge in [-0.25, -0.2) is 4.79 Å². The minimum atomic E-state index is 0.00678. The van der Waals surface area contributed by atoms with Gasteiger partial charge in [0.05, 0.1) is 0 Å². The van der Waals surface area contributed by atoms with Gasteiger partial charge in [0.25, 0.3) is 0 Å². The van der Waals surface area contributed by atoms with Gasteiger partial charge in [-0.15, -0.1) is 0 Å². The molecule has 2 amide bonds. The van der Waals surface area contributed by atoms with Gasteiger partial charge in [-0.2, -0.15) is 0 Å². The van der Waals surface area contributed by atoms with Crippen LogP contribution in [0.5, 0.6) is 0 Å². The summed E-state index contributed by atoms with van der Waals surface area (Å²) in [6.45, 7) is 4.64. The van der Waals surface area contributed by atoms with Gasteiger partial charge in [0, 0.05) is 36.0 Å². The van der Waals surface area contributed by atoms with E-state index in [-0.39, 0.29) is 11.6 Å². The average molecular weight is 398 g/mol. The lowest BCUT2D eigenvalue weighted by molar-refractivity contribution is 0.0596. The summed E-state index contributed by atoms with van der Waals surface area (Å²) in [4.78, 5) is 18.3. The Hall–Kier alpha value is -1.71. The molecular formula is C25H39N3O. The van der Waals surface area contributed by atoms with E-state index in [2.05, 4.69) is 46.3 Å². The SMILES string of the molecule is CC1(N(C(=O)Nc2ccc(N3CCCC3)cc2)C2CCCCCC2)CCCCC1. The van der Waals surface area contributed by atoms with E-state index in [1.165, 1.54) is 63.5 Å². The number of rotatable bonds is 4. The summed E-state index contributed by atoms with van der Waals surface area (Å²) in [5, 5.41) is 3.27. The molecule has 0 spiro atoms. The largest absolute Gasteiger partial charge is 0.372 e. The molecule has 29 heavy (non-hydrogen) atoms. The minimum Gasteiger partial charge on any atom is -0.372 e. The van der Waals surface area contributed by atoms with Crippen LogP contribution in [0.4, 0.5) is 16.2 Å². The Morgan fingerprint density at radius 1 is 0.897 bits per heavy atom. The van der Waals surface area contributed by atoms with E-state index in [0.29, 0.717) is 6.04 Å². The molecule has 1 aliphatic heterocycles. The van der Waals surface area contributed by atoms with E-state index in [0.717, 1.165) is 44.5 Å². The number of carbonyl (C=O) groups is 1. The highest BCUT2D eigenvalue weighted by atomic mass is 16.2. The monoisotopic (exact) mass is 397 g/mol. The van der Waals surface area contributed by atoms with Gasteiger partial charge in [-0.1, -0.05) is 44.9 Å². The van der Waals surface area contributed by atoms with Gasteiger partial charge in [0.15, 0.2) is 0 Å². The van der Waals surface area contributed by atoms with Gasteiger partial charge in [0.2, 0.25) is 0 Å². The smallest absolute Gasteiger partial charge is 0.322 e. The fourth-order valence-electron chi connectivity index (χ4n) is 5.84. The summed E-state index contributed by atoms with van der Waals surface area (Å²) < 4.78 is 0. The Morgan fingerprint density at radius 2 is 1.48 bits per heavy atom. The lowest BCUT2D eigenvalue weighted by Crippen LogP contribution is -2.57. The predicted molar refractivity (Wildman–Crippen MR) is 122 cm³/mol. The van der Waals surface area contributed by atoms with Crippen molar-refractivity contribution < 1.29 is 4.79 Å². The number of amides is 2. The Labute approximate surface area is 177 Å². The summed E-state index contributed by atoms with van der Waals surface area (Å²) in [7, 11) is 0. The molecule has 1 aromatic carbocycles. The molecule has 4 nitrogen and oxygen atoms in total. The number of hydrogen-bond acceptors (Lipinski definition) is 2. The van der Waals surface area contributed by atoms with Crippen molar-refractivity contribution in [3.63, 3.8) is 0 Å². The van der Waals surface area contributed by atoms with E-state index in [9.17, 15) is 4.79 Å². The Kier molecular flexibility index (Phi) is 6.67. The van der Waals surface area contributed by atoms with Crippen molar-refractivity contribution in [3.8, 4) is 0 Å². The fraction of sp³-hybridized carbons (Fsp3) is 0.720.